The van der Waals surface area contributed by atoms with Gasteiger partial charge in [0, 0.05) is 7.05 Å². The fourth-order valence-electron chi connectivity index (χ4n) is 4.20. The second-order valence-electron chi connectivity index (χ2n) is 10.3. The third-order valence-corrected chi connectivity index (χ3v) is 6.39. The maximum Gasteiger partial charge on any atom is 0.410 e. The zero-order chi connectivity index (χ0) is 25.4. The van der Waals surface area contributed by atoms with Crippen molar-refractivity contribution in [2.75, 3.05) is 20.3 Å². The van der Waals surface area contributed by atoms with Crippen LogP contribution in [0.4, 0.5) is 4.79 Å². The smallest absolute Gasteiger partial charge is 0.410 e. The molecule has 0 bridgehead atoms. The molecule has 0 aromatic heterocycles. The Balaban J connectivity index is 3.73. The van der Waals surface area contributed by atoms with Crippen molar-refractivity contribution < 1.29 is 19.1 Å². The quantitative estimate of drug-likeness (QED) is 0.108. The number of hydrogen-bond donors (Lipinski definition) is 0. The number of unbranched alkanes of at least 4 members (excludes halogenated alkanes) is 15. The average Bonchev–Trinajstić information content (AvgIpc) is 2.82. The van der Waals surface area contributed by atoms with Crippen LogP contribution < -0.4 is 0 Å². The zero-order valence-electron chi connectivity index (χ0n) is 23.4. The first-order chi connectivity index (χ1) is 16.4. The summed E-state index contributed by atoms with van der Waals surface area (Å²) < 4.78 is 10.7. The van der Waals surface area contributed by atoms with Gasteiger partial charge in [0.15, 0.2) is 0 Å². The predicted molar refractivity (Wildman–Crippen MR) is 143 cm³/mol. The summed E-state index contributed by atoms with van der Waals surface area (Å²) in [6.45, 7) is 9.11. The molecule has 0 radical (unpaired) electrons. The molecule has 0 aromatic rings. The van der Waals surface area contributed by atoms with Crippen molar-refractivity contribution in [3.8, 4) is 0 Å². The Kier molecular flexibility index (Phi) is 22.6. The lowest BCUT2D eigenvalue weighted by Crippen LogP contribution is -2.44. The Bertz CT molecular complexity index is 481. The minimum atomic E-state index is -0.578. The number of esters is 1. The molecule has 0 aliphatic rings. The third kappa shape index (κ3) is 19.1. The van der Waals surface area contributed by atoms with Gasteiger partial charge in [0.2, 0.25) is 0 Å². The normalized spacial score (nSPS) is 12.1. The van der Waals surface area contributed by atoms with Crippen LogP contribution in [0.2, 0.25) is 0 Å². The van der Waals surface area contributed by atoms with E-state index in [-0.39, 0.29) is 11.9 Å². The standard InChI is InChI=1S/C29H57NO4/c1-6-8-9-10-11-12-13-14-15-16-17-18-19-20-21-22-24-33-28(31)27(25-26(3)4)30(5)29(32)34-23-7-2/h26-27H,6-25H2,1-5H3. The second kappa shape index (κ2) is 23.5. The van der Waals surface area contributed by atoms with E-state index in [1.165, 1.54) is 94.8 Å². The zero-order valence-corrected chi connectivity index (χ0v) is 23.4. The van der Waals surface area contributed by atoms with E-state index < -0.39 is 12.1 Å². The van der Waals surface area contributed by atoms with Gasteiger partial charge in [-0.25, -0.2) is 9.59 Å². The molecular weight excluding hydrogens is 426 g/mol. The summed E-state index contributed by atoms with van der Waals surface area (Å²) in [4.78, 5) is 26.1. The minimum Gasteiger partial charge on any atom is -0.464 e. The van der Waals surface area contributed by atoms with Crippen molar-refractivity contribution >= 4 is 12.1 Å². The molecule has 0 rings (SSSR count). The highest BCUT2D eigenvalue weighted by molar-refractivity contribution is 5.81. The molecule has 1 unspecified atom stereocenters. The van der Waals surface area contributed by atoms with E-state index in [1.807, 2.05) is 20.8 Å². The first kappa shape index (κ1) is 32.7. The van der Waals surface area contributed by atoms with E-state index in [0.29, 0.717) is 19.6 Å². The largest absolute Gasteiger partial charge is 0.464 e. The molecule has 0 saturated carbocycles. The fraction of sp³-hybridized carbons (Fsp3) is 0.931. The number of carbonyl (C=O) groups excluding carboxylic acids is 2. The van der Waals surface area contributed by atoms with Crippen molar-refractivity contribution in [2.24, 2.45) is 5.92 Å². The lowest BCUT2D eigenvalue weighted by molar-refractivity contribution is -0.149. The molecule has 5 heteroatoms. The van der Waals surface area contributed by atoms with Gasteiger partial charge in [-0.05, 0) is 25.2 Å². The summed E-state index contributed by atoms with van der Waals surface area (Å²) in [5.41, 5.74) is 0. The van der Waals surface area contributed by atoms with E-state index in [0.717, 1.165) is 19.3 Å². The first-order valence-electron chi connectivity index (χ1n) is 14.5. The highest BCUT2D eigenvalue weighted by atomic mass is 16.6. The van der Waals surface area contributed by atoms with Crippen LogP contribution in [0.3, 0.4) is 0 Å². The molecule has 0 spiro atoms. The van der Waals surface area contributed by atoms with Crippen molar-refractivity contribution in [1.29, 1.82) is 0 Å². The molecule has 34 heavy (non-hydrogen) atoms. The van der Waals surface area contributed by atoms with Crippen LogP contribution in [-0.2, 0) is 14.3 Å². The lowest BCUT2D eigenvalue weighted by atomic mass is 10.0. The average molecular weight is 484 g/mol. The van der Waals surface area contributed by atoms with Gasteiger partial charge >= 0.3 is 12.1 Å². The summed E-state index contributed by atoms with van der Waals surface area (Å²) in [5.74, 6) is -0.0277. The number of likely N-dealkylation sites (N-methyl/N-ethyl adjacent to an activating group) is 1. The van der Waals surface area contributed by atoms with Gasteiger partial charge in [-0.2, -0.15) is 0 Å². The third-order valence-electron chi connectivity index (χ3n) is 6.39. The summed E-state index contributed by atoms with van der Waals surface area (Å²) in [5, 5.41) is 0. The monoisotopic (exact) mass is 483 g/mol. The van der Waals surface area contributed by atoms with Gasteiger partial charge in [0.1, 0.15) is 6.04 Å². The van der Waals surface area contributed by atoms with Gasteiger partial charge in [-0.1, -0.05) is 124 Å². The summed E-state index contributed by atoms with van der Waals surface area (Å²) in [7, 11) is 1.63. The van der Waals surface area contributed by atoms with E-state index in [9.17, 15) is 9.59 Å². The van der Waals surface area contributed by atoms with Crippen LogP contribution >= 0.6 is 0 Å². The fourth-order valence-corrected chi connectivity index (χ4v) is 4.20. The number of nitrogens with zero attached hydrogens (tertiary/aromatic N) is 1. The molecule has 0 saturated heterocycles. The van der Waals surface area contributed by atoms with E-state index in [1.54, 1.807) is 7.05 Å². The Labute approximate surface area is 211 Å². The number of amides is 1. The van der Waals surface area contributed by atoms with Crippen LogP contribution in [0.5, 0.6) is 0 Å². The summed E-state index contributed by atoms with van der Waals surface area (Å²) >= 11 is 0. The van der Waals surface area contributed by atoms with Crippen molar-refractivity contribution in [2.45, 2.75) is 149 Å². The van der Waals surface area contributed by atoms with Gasteiger partial charge < -0.3 is 9.47 Å². The van der Waals surface area contributed by atoms with E-state index in [4.69, 9.17) is 9.47 Å². The molecule has 0 aromatic carbocycles. The number of carbonyl (C=O) groups is 2. The van der Waals surface area contributed by atoms with Crippen LogP contribution in [0.15, 0.2) is 0 Å². The first-order valence-corrected chi connectivity index (χ1v) is 14.5. The predicted octanol–water partition coefficient (Wildman–Crippen LogP) is 8.68. The number of hydrogen-bond acceptors (Lipinski definition) is 4. The second-order valence-corrected chi connectivity index (χ2v) is 10.3. The molecule has 0 N–H and O–H groups in total. The van der Waals surface area contributed by atoms with Gasteiger partial charge in [0.25, 0.3) is 0 Å². The Morgan fingerprint density at radius 1 is 0.618 bits per heavy atom. The molecule has 0 fully saturated rings. The molecule has 1 atom stereocenters. The molecule has 1 amide bonds. The summed E-state index contributed by atoms with van der Waals surface area (Å²) in [6, 6.07) is -0.578. The van der Waals surface area contributed by atoms with Crippen molar-refractivity contribution in [1.82, 2.24) is 4.90 Å². The SMILES string of the molecule is CCCCCCCCCCCCCCCCCCOC(=O)C(CC(C)C)N(C)C(=O)OCCC. The van der Waals surface area contributed by atoms with Gasteiger partial charge in [0.05, 0.1) is 13.2 Å². The highest BCUT2D eigenvalue weighted by Gasteiger charge is 2.29. The molecule has 0 aliphatic heterocycles. The van der Waals surface area contributed by atoms with Gasteiger partial charge in [-0.15, -0.1) is 0 Å². The molecule has 0 aliphatic carbocycles. The Morgan fingerprint density at radius 3 is 1.47 bits per heavy atom. The topological polar surface area (TPSA) is 55.8 Å². The maximum atomic E-state index is 12.6. The summed E-state index contributed by atoms with van der Waals surface area (Å²) in [6.07, 6.45) is 22.0. The van der Waals surface area contributed by atoms with Crippen LogP contribution in [-0.4, -0.2) is 43.3 Å². The van der Waals surface area contributed by atoms with Crippen LogP contribution in [0.1, 0.15) is 143 Å². The van der Waals surface area contributed by atoms with E-state index >= 15 is 0 Å². The molecule has 202 valence electrons. The molecule has 0 heterocycles. The lowest BCUT2D eigenvalue weighted by Gasteiger charge is -2.27. The van der Waals surface area contributed by atoms with Gasteiger partial charge in [-0.3, -0.25) is 4.90 Å². The Morgan fingerprint density at radius 2 is 1.06 bits per heavy atom. The minimum absolute atomic E-state index is 0.287. The molecular formula is C29H57NO4. The number of rotatable bonds is 23. The van der Waals surface area contributed by atoms with Crippen LogP contribution in [0, 0.1) is 5.92 Å². The van der Waals surface area contributed by atoms with Crippen molar-refractivity contribution in [3.63, 3.8) is 0 Å². The van der Waals surface area contributed by atoms with E-state index in [2.05, 4.69) is 6.92 Å². The van der Waals surface area contributed by atoms with Crippen LogP contribution in [0.25, 0.3) is 0 Å². The molecule has 5 nitrogen and oxygen atoms in total. The maximum absolute atomic E-state index is 12.6. The highest BCUT2D eigenvalue weighted by Crippen LogP contribution is 2.15. The Hall–Kier alpha value is -1.26. The van der Waals surface area contributed by atoms with Crippen molar-refractivity contribution in [3.05, 3.63) is 0 Å². The number of ether oxygens (including phenoxy) is 2.